The van der Waals surface area contributed by atoms with Gasteiger partial charge in [-0.15, -0.1) is 0 Å². The summed E-state index contributed by atoms with van der Waals surface area (Å²) in [6, 6.07) is 0. The molecule has 0 spiro atoms. The van der Waals surface area contributed by atoms with Crippen LogP contribution in [0.3, 0.4) is 0 Å². The Balaban J connectivity index is 3.57. The molecule has 3 N–H and O–H groups in total. The Labute approximate surface area is 86.8 Å². The van der Waals surface area contributed by atoms with Gasteiger partial charge in [0.05, 0.1) is 0 Å². The van der Waals surface area contributed by atoms with E-state index in [0.717, 1.165) is 19.6 Å². The van der Waals surface area contributed by atoms with Crippen LogP contribution < -0.4 is 11.1 Å². The number of carbonyl (C=O) groups is 1. The first-order valence-corrected chi connectivity index (χ1v) is 5.35. The van der Waals surface area contributed by atoms with E-state index in [1.165, 1.54) is 0 Å². The Bertz CT molecular complexity index is 157. The van der Waals surface area contributed by atoms with Crippen LogP contribution in [-0.4, -0.2) is 43.5 Å². The van der Waals surface area contributed by atoms with Crippen LogP contribution in [0.2, 0.25) is 0 Å². The van der Waals surface area contributed by atoms with Crippen molar-refractivity contribution >= 4 is 5.91 Å². The van der Waals surface area contributed by atoms with Crippen molar-refractivity contribution in [1.82, 2.24) is 10.2 Å². The number of hydrogen-bond donors (Lipinski definition) is 2. The van der Waals surface area contributed by atoms with Gasteiger partial charge in [0, 0.05) is 25.6 Å². The van der Waals surface area contributed by atoms with E-state index in [9.17, 15) is 4.79 Å². The van der Waals surface area contributed by atoms with Crippen molar-refractivity contribution in [1.29, 1.82) is 0 Å². The molecule has 0 heterocycles. The van der Waals surface area contributed by atoms with Gasteiger partial charge in [-0.3, -0.25) is 4.79 Å². The number of likely N-dealkylation sites (N-methyl/N-ethyl adjacent to an activating group) is 1. The second-order valence-electron chi connectivity index (χ2n) is 3.45. The average molecular weight is 201 g/mol. The Morgan fingerprint density at radius 1 is 1.43 bits per heavy atom. The van der Waals surface area contributed by atoms with Gasteiger partial charge in [-0.25, -0.2) is 0 Å². The molecular formula is C10H23N3O. The Morgan fingerprint density at radius 2 is 2.00 bits per heavy atom. The van der Waals surface area contributed by atoms with E-state index >= 15 is 0 Å². The first-order valence-electron chi connectivity index (χ1n) is 5.35. The van der Waals surface area contributed by atoms with E-state index in [2.05, 4.69) is 24.1 Å². The number of nitrogens with one attached hydrogen (secondary N) is 1. The van der Waals surface area contributed by atoms with Gasteiger partial charge in [0.2, 0.25) is 5.91 Å². The maximum atomic E-state index is 11.3. The van der Waals surface area contributed by atoms with E-state index < -0.39 is 0 Å². The van der Waals surface area contributed by atoms with E-state index in [0.29, 0.717) is 13.1 Å². The molecule has 0 rings (SSSR count). The van der Waals surface area contributed by atoms with E-state index in [1.807, 2.05) is 6.92 Å². The minimum atomic E-state index is -0.0771. The summed E-state index contributed by atoms with van der Waals surface area (Å²) in [5.41, 5.74) is 5.39. The fourth-order valence-electron chi connectivity index (χ4n) is 1.16. The third-order valence-electron chi connectivity index (χ3n) is 2.42. The number of nitrogens with two attached hydrogens (primary N) is 1. The molecule has 1 atom stereocenters. The highest BCUT2D eigenvalue weighted by atomic mass is 16.1. The predicted octanol–water partition coefficient (Wildman–Crippen LogP) is 0.0392. The molecule has 0 aliphatic heterocycles. The molecule has 0 bridgehead atoms. The molecule has 0 saturated heterocycles. The zero-order chi connectivity index (χ0) is 11.0. The minimum Gasteiger partial charge on any atom is -0.355 e. The van der Waals surface area contributed by atoms with Gasteiger partial charge in [0.1, 0.15) is 0 Å². The van der Waals surface area contributed by atoms with Crippen molar-refractivity contribution in [2.45, 2.75) is 20.8 Å². The van der Waals surface area contributed by atoms with E-state index in [4.69, 9.17) is 5.73 Å². The van der Waals surface area contributed by atoms with Crippen molar-refractivity contribution in [3.05, 3.63) is 0 Å². The van der Waals surface area contributed by atoms with Crippen molar-refractivity contribution in [2.75, 3.05) is 32.7 Å². The average Bonchev–Trinajstić information content (AvgIpc) is 2.22. The standard InChI is InChI=1S/C10H23N3O/c1-4-13(5-2)7-6-12-10(14)9(3)8-11/h9H,4-8,11H2,1-3H3,(H,12,14). The van der Waals surface area contributed by atoms with Crippen molar-refractivity contribution in [2.24, 2.45) is 11.7 Å². The number of hydrogen-bond acceptors (Lipinski definition) is 3. The minimum absolute atomic E-state index is 0.0552. The van der Waals surface area contributed by atoms with Crippen LogP contribution in [-0.2, 0) is 4.79 Å². The van der Waals surface area contributed by atoms with Gasteiger partial charge < -0.3 is 16.0 Å². The van der Waals surface area contributed by atoms with Crippen LogP contribution in [0.5, 0.6) is 0 Å². The van der Waals surface area contributed by atoms with Crippen molar-refractivity contribution in [3.63, 3.8) is 0 Å². The molecule has 0 fully saturated rings. The van der Waals surface area contributed by atoms with Gasteiger partial charge >= 0.3 is 0 Å². The first kappa shape index (κ1) is 13.4. The Kier molecular flexibility index (Phi) is 7.42. The molecule has 4 nitrogen and oxygen atoms in total. The number of rotatable bonds is 7. The smallest absolute Gasteiger partial charge is 0.224 e. The topological polar surface area (TPSA) is 58.4 Å². The highest BCUT2D eigenvalue weighted by molar-refractivity contribution is 5.78. The van der Waals surface area contributed by atoms with Gasteiger partial charge in [-0.1, -0.05) is 20.8 Å². The molecule has 0 aliphatic rings. The molecule has 0 radical (unpaired) electrons. The van der Waals surface area contributed by atoms with E-state index in [1.54, 1.807) is 0 Å². The molecule has 0 aromatic rings. The Morgan fingerprint density at radius 3 is 2.43 bits per heavy atom. The Hall–Kier alpha value is -0.610. The summed E-state index contributed by atoms with van der Waals surface area (Å²) < 4.78 is 0. The van der Waals surface area contributed by atoms with E-state index in [-0.39, 0.29) is 11.8 Å². The predicted molar refractivity (Wildman–Crippen MR) is 59.0 cm³/mol. The second-order valence-corrected chi connectivity index (χ2v) is 3.45. The third-order valence-corrected chi connectivity index (χ3v) is 2.42. The number of amides is 1. The third kappa shape index (κ3) is 5.19. The molecule has 1 unspecified atom stereocenters. The van der Waals surface area contributed by atoms with Crippen LogP contribution in [0.4, 0.5) is 0 Å². The lowest BCUT2D eigenvalue weighted by Gasteiger charge is -2.18. The maximum absolute atomic E-state index is 11.3. The normalized spacial score (nSPS) is 12.9. The fourth-order valence-corrected chi connectivity index (χ4v) is 1.16. The van der Waals surface area contributed by atoms with Crippen LogP contribution in [0.25, 0.3) is 0 Å². The highest BCUT2D eigenvalue weighted by Crippen LogP contribution is 1.90. The SMILES string of the molecule is CCN(CC)CCNC(=O)C(C)CN. The summed E-state index contributed by atoms with van der Waals surface area (Å²) >= 11 is 0. The number of nitrogens with zero attached hydrogens (tertiary/aromatic N) is 1. The quantitative estimate of drug-likeness (QED) is 0.611. The first-order chi connectivity index (χ1) is 6.65. The highest BCUT2D eigenvalue weighted by Gasteiger charge is 2.09. The molecule has 0 aromatic carbocycles. The largest absolute Gasteiger partial charge is 0.355 e. The van der Waals surface area contributed by atoms with Gasteiger partial charge in [-0.2, -0.15) is 0 Å². The lowest BCUT2D eigenvalue weighted by molar-refractivity contribution is -0.124. The molecule has 0 aliphatic carbocycles. The second kappa shape index (κ2) is 7.76. The van der Waals surface area contributed by atoms with Gasteiger partial charge in [-0.05, 0) is 13.1 Å². The lowest BCUT2D eigenvalue weighted by Crippen LogP contribution is -2.38. The summed E-state index contributed by atoms with van der Waals surface area (Å²) in [6.45, 7) is 10.2. The zero-order valence-corrected chi connectivity index (χ0v) is 9.55. The molecule has 14 heavy (non-hydrogen) atoms. The van der Waals surface area contributed by atoms with Crippen molar-refractivity contribution in [3.8, 4) is 0 Å². The summed E-state index contributed by atoms with van der Waals surface area (Å²) in [6.07, 6.45) is 0. The summed E-state index contributed by atoms with van der Waals surface area (Å²) in [4.78, 5) is 13.6. The van der Waals surface area contributed by atoms with Gasteiger partial charge in [0.25, 0.3) is 0 Å². The maximum Gasteiger partial charge on any atom is 0.224 e. The summed E-state index contributed by atoms with van der Waals surface area (Å²) in [5.74, 6) is -0.0219. The molecule has 0 aromatic heterocycles. The summed E-state index contributed by atoms with van der Waals surface area (Å²) in [5, 5.41) is 2.87. The zero-order valence-electron chi connectivity index (χ0n) is 9.55. The monoisotopic (exact) mass is 201 g/mol. The summed E-state index contributed by atoms with van der Waals surface area (Å²) in [7, 11) is 0. The lowest BCUT2D eigenvalue weighted by atomic mass is 10.2. The van der Waals surface area contributed by atoms with Crippen LogP contribution in [0.15, 0.2) is 0 Å². The molecule has 4 heteroatoms. The van der Waals surface area contributed by atoms with Crippen LogP contribution in [0.1, 0.15) is 20.8 Å². The van der Waals surface area contributed by atoms with Gasteiger partial charge in [0.15, 0.2) is 0 Å². The van der Waals surface area contributed by atoms with Crippen LogP contribution >= 0.6 is 0 Å². The molecular weight excluding hydrogens is 178 g/mol. The molecule has 84 valence electrons. The fraction of sp³-hybridized carbons (Fsp3) is 0.900. The van der Waals surface area contributed by atoms with Crippen molar-refractivity contribution < 1.29 is 4.79 Å². The molecule has 0 saturated carbocycles. The molecule has 1 amide bonds. The van der Waals surface area contributed by atoms with Crippen LogP contribution in [0, 0.1) is 5.92 Å². The number of carbonyl (C=O) groups excluding carboxylic acids is 1.